The van der Waals surface area contributed by atoms with Gasteiger partial charge in [0.15, 0.2) is 0 Å². The zero-order valence-corrected chi connectivity index (χ0v) is 12.1. The SMILES string of the molecule is O=C(NCCCN1CCCC1=O)C1CCc2n[nH]nc2C1. The van der Waals surface area contributed by atoms with Gasteiger partial charge in [-0.3, -0.25) is 9.59 Å². The minimum atomic E-state index is -0.00369. The highest BCUT2D eigenvalue weighted by molar-refractivity contribution is 5.79. The van der Waals surface area contributed by atoms with Crippen molar-refractivity contribution < 1.29 is 9.59 Å². The van der Waals surface area contributed by atoms with Crippen LogP contribution in [-0.2, 0) is 22.4 Å². The number of aromatic nitrogens is 3. The lowest BCUT2D eigenvalue weighted by atomic mass is 9.89. The van der Waals surface area contributed by atoms with Gasteiger partial charge < -0.3 is 10.2 Å². The third-order valence-electron chi connectivity index (χ3n) is 4.32. The van der Waals surface area contributed by atoms with Crippen LogP contribution in [0.15, 0.2) is 0 Å². The number of carbonyl (C=O) groups is 2. The number of nitrogens with zero attached hydrogens (tertiary/aromatic N) is 3. The average molecular weight is 291 g/mol. The molecule has 1 aliphatic carbocycles. The Morgan fingerprint density at radius 1 is 1.33 bits per heavy atom. The van der Waals surface area contributed by atoms with Crippen molar-refractivity contribution in [2.24, 2.45) is 5.92 Å². The number of rotatable bonds is 5. The molecule has 114 valence electrons. The molecule has 0 saturated carbocycles. The largest absolute Gasteiger partial charge is 0.356 e. The quantitative estimate of drug-likeness (QED) is 0.749. The predicted molar refractivity (Wildman–Crippen MR) is 75.3 cm³/mol. The van der Waals surface area contributed by atoms with Crippen molar-refractivity contribution in [3.63, 3.8) is 0 Å². The molecule has 2 heterocycles. The smallest absolute Gasteiger partial charge is 0.223 e. The molecule has 0 bridgehead atoms. The number of carbonyl (C=O) groups excluding carboxylic acids is 2. The van der Waals surface area contributed by atoms with Crippen LogP contribution in [0.2, 0.25) is 0 Å². The van der Waals surface area contributed by atoms with Crippen molar-refractivity contribution in [1.82, 2.24) is 25.6 Å². The molecule has 1 fully saturated rings. The molecule has 2 N–H and O–H groups in total. The van der Waals surface area contributed by atoms with Crippen LogP contribution in [0.1, 0.15) is 37.1 Å². The Hall–Kier alpha value is -1.92. The van der Waals surface area contributed by atoms with Gasteiger partial charge in [-0.05, 0) is 25.7 Å². The number of amides is 2. The van der Waals surface area contributed by atoms with Gasteiger partial charge in [-0.1, -0.05) is 0 Å². The fourth-order valence-electron chi connectivity index (χ4n) is 3.07. The van der Waals surface area contributed by atoms with Gasteiger partial charge in [-0.25, -0.2) is 0 Å². The number of hydrogen-bond donors (Lipinski definition) is 2. The van der Waals surface area contributed by atoms with Crippen molar-refractivity contribution in [3.05, 3.63) is 11.4 Å². The molecule has 1 aromatic heterocycles. The molecule has 1 saturated heterocycles. The summed E-state index contributed by atoms with van der Waals surface area (Å²) in [7, 11) is 0. The number of hydrogen-bond acceptors (Lipinski definition) is 4. The van der Waals surface area contributed by atoms with E-state index in [4.69, 9.17) is 0 Å². The molecule has 7 nitrogen and oxygen atoms in total. The maximum absolute atomic E-state index is 12.1. The van der Waals surface area contributed by atoms with Crippen LogP contribution in [0.25, 0.3) is 0 Å². The molecule has 1 atom stereocenters. The third kappa shape index (κ3) is 3.22. The van der Waals surface area contributed by atoms with Gasteiger partial charge in [0.25, 0.3) is 0 Å². The van der Waals surface area contributed by atoms with Gasteiger partial charge in [0.2, 0.25) is 11.8 Å². The highest BCUT2D eigenvalue weighted by Crippen LogP contribution is 2.22. The molecule has 1 unspecified atom stereocenters. The van der Waals surface area contributed by atoms with Gasteiger partial charge in [0, 0.05) is 38.4 Å². The Balaban J connectivity index is 1.38. The lowest BCUT2D eigenvalue weighted by Crippen LogP contribution is -2.36. The number of nitrogens with one attached hydrogen (secondary N) is 2. The summed E-state index contributed by atoms with van der Waals surface area (Å²) in [6.07, 6.45) is 4.77. The summed E-state index contributed by atoms with van der Waals surface area (Å²) in [6.45, 7) is 2.24. The Morgan fingerprint density at radius 3 is 3.00 bits per heavy atom. The second-order valence-electron chi connectivity index (χ2n) is 5.79. The molecular formula is C14H21N5O2. The summed E-state index contributed by atoms with van der Waals surface area (Å²) in [5.41, 5.74) is 1.91. The summed E-state index contributed by atoms with van der Waals surface area (Å²) in [5.74, 6) is 0.333. The van der Waals surface area contributed by atoms with Crippen molar-refractivity contribution in [3.8, 4) is 0 Å². The van der Waals surface area contributed by atoms with E-state index in [-0.39, 0.29) is 17.7 Å². The van der Waals surface area contributed by atoms with Crippen LogP contribution in [0.5, 0.6) is 0 Å². The van der Waals surface area contributed by atoms with Crippen LogP contribution >= 0.6 is 0 Å². The fourth-order valence-corrected chi connectivity index (χ4v) is 3.07. The highest BCUT2D eigenvalue weighted by Gasteiger charge is 2.27. The van der Waals surface area contributed by atoms with E-state index in [2.05, 4.69) is 20.7 Å². The number of aromatic amines is 1. The van der Waals surface area contributed by atoms with Gasteiger partial charge in [0.05, 0.1) is 11.4 Å². The Kier molecular flexibility index (Phi) is 4.17. The summed E-state index contributed by atoms with van der Waals surface area (Å²) >= 11 is 0. The van der Waals surface area contributed by atoms with Crippen LogP contribution < -0.4 is 5.32 Å². The molecule has 2 amide bonds. The highest BCUT2D eigenvalue weighted by atomic mass is 16.2. The van der Waals surface area contributed by atoms with Gasteiger partial charge in [-0.2, -0.15) is 15.4 Å². The van der Waals surface area contributed by atoms with E-state index in [1.165, 1.54) is 0 Å². The van der Waals surface area contributed by atoms with Crippen LogP contribution in [-0.4, -0.2) is 51.8 Å². The first-order valence-corrected chi connectivity index (χ1v) is 7.68. The summed E-state index contributed by atoms with van der Waals surface area (Å²) in [5, 5.41) is 13.8. The molecule has 2 aliphatic rings. The van der Waals surface area contributed by atoms with E-state index in [1.807, 2.05) is 4.90 Å². The topological polar surface area (TPSA) is 91.0 Å². The van der Waals surface area contributed by atoms with Crippen molar-refractivity contribution in [1.29, 1.82) is 0 Å². The summed E-state index contributed by atoms with van der Waals surface area (Å²) in [6, 6.07) is 0. The van der Waals surface area contributed by atoms with E-state index in [0.29, 0.717) is 19.4 Å². The first-order valence-electron chi connectivity index (χ1n) is 7.68. The molecule has 1 aromatic rings. The van der Waals surface area contributed by atoms with E-state index in [1.54, 1.807) is 0 Å². The number of H-pyrrole nitrogens is 1. The van der Waals surface area contributed by atoms with E-state index >= 15 is 0 Å². The first-order chi connectivity index (χ1) is 10.2. The lowest BCUT2D eigenvalue weighted by molar-refractivity contribution is -0.127. The number of fused-ring (bicyclic) bond motifs is 1. The van der Waals surface area contributed by atoms with E-state index in [0.717, 1.165) is 50.2 Å². The molecule has 7 heteroatoms. The predicted octanol–water partition coefficient (Wildman–Crippen LogP) is 0.0383. The standard InChI is InChI=1S/C14H21N5O2/c20-13-3-1-7-19(13)8-2-6-15-14(21)10-4-5-11-12(9-10)17-18-16-11/h10H,1-9H2,(H,15,21)(H,16,17,18). The lowest BCUT2D eigenvalue weighted by Gasteiger charge is -2.20. The van der Waals surface area contributed by atoms with Gasteiger partial charge >= 0.3 is 0 Å². The third-order valence-corrected chi connectivity index (χ3v) is 4.32. The molecule has 0 spiro atoms. The van der Waals surface area contributed by atoms with Crippen LogP contribution in [0, 0.1) is 5.92 Å². The second-order valence-corrected chi connectivity index (χ2v) is 5.79. The van der Waals surface area contributed by atoms with E-state index < -0.39 is 0 Å². The zero-order chi connectivity index (χ0) is 14.7. The molecular weight excluding hydrogens is 270 g/mol. The zero-order valence-electron chi connectivity index (χ0n) is 12.1. The number of likely N-dealkylation sites (tertiary alicyclic amines) is 1. The van der Waals surface area contributed by atoms with Gasteiger partial charge in [-0.15, -0.1) is 0 Å². The van der Waals surface area contributed by atoms with Crippen molar-refractivity contribution in [2.75, 3.05) is 19.6 Å². The van der Waals surface area contributed by atoms with E-state index in [9.17, 15) is 9.59 Å². The second kappa shape index (κ2) is 6.24. The molecule has 1 aliphatic heterocycles. The summed E-state index contributed by atoms with van der Waals surface area (Å²) < 4.78 is 0. The Bertz CT molecular complexity index is 527. The Labute approximate surface area is 123 Å². The maximum Gasteiger partial charge on any atom is 0.223 e. The molecule has 0 radical (unpaired) electrons. The van der Waals surface area contributed by atoms with Crippen molar-refractivity contribution in [2.45, 2.75) is 38.5 Å². The Morgan fingerprint density at radius 2 is 2.19 bits per heavy atom. The molecule has 0 aromatic carbocycles. The normalized spacial score (nSPS) is 21.4. The fraction of sp³-hybridized carbons (Fsp3) is 0.714. The minimum Gasteiger partial charge on any atom is -0.356 e. The summed E-state index contributed by atoms with van der Waals surface area (Å²) in [4.78, 5) is 25.5. The maximum atomic E-state index is 12.1. The number of aryl methyl sites for hydroxylation is 1. The molecule has 21 heavy (non-hydrogen) atoms. The minimum absolute atomic E-state index is 0.00369. The van der Waals surface area contributed by atoms with Crippen molar-refractivity contribution >= 4 is 11.8 Å². The van der Waals surface area contributed by atoms with Gasteiger partial charge in [0.1, 0.15) is 0 Å². The van der Waals surface area contributed by atoms with Crippen LogP contribution in [0.3, 0.4) is 0 Å². The monoisotopic (exact) mass is 291 g/mol. The molecule has 3 rings (SSSR count). The average Bonchev–Trinajstić information content (AvgIpc) is 3.11. The first kappa shape index (κ1) is 14.0. The van der Waals surface area contributed by atoms with Crippen LogP contribution in [0.4, 0.5) is 0 Å².